The highest BCUT2D eigenvalue weighted by Crippen LogP contribution is 2.23. The molecule has 1 rings (SSSR count). The zero-order valence-corrected chi connectivity index (χ0v) is 11.7. The third-order valence-corrected chi connectivity index (χ3v) is 3.16. The number of hydrogen-bond acceptors (Lipinski definition) is 3. The van der Waals surface area contributed by atoms with Gasteiger partial charge in [0.15, 0.2) is 0 Å². The van der Waals surface area contributed by atoms with Gasteiger partial charge in [0.25, 0.3) is 0 Å². The van der Waals surface area contributed by atoms with E-state index in [0.717, 1.165) is 31.5 Å². The summed E-state index contributed by atoms with van der Waals surface area (Å²) in [6.07, 6.45) is 9.99. The Morgan fingerprint density at radius 2 is 2.06 bits per heavy atom. The molecule has 1 aliphatic rings. The Morgan fingerprint density at radius 3 is 2.56 bits per heavy atom. The number of hydrazine groups is 1. The fourth-order valence-electron chi connectivity index (χ4n) is 2.31. The van der Waals surface area contributed by atoms with Gasteiger partial charge in [-0.05, 0) is 31.4 Å². The number of rotatable bonds is 6. The van der Waals surface area contributed by atoms with Gasteiger partial charge in [0.05, 0.1) is 11.7 Å². The maximum Gasteiger partial charge on any atom is 0.139 e. The Bertz CT molecular complexity index is 344. The summed E-state index contributed by atoms with van der Waals surface area (Å²) in [5.74, 6) is 0.318. The van der Waals surface area contributed by atoms with Crippen LogP contribution in [0.5, 0.6) is 0 Å². The molecule has 0 aromatic rings. The molecule has 0 spiro atoms. The van der Waals surface area contributed by atoms with Gasteiger partial charge in [0.2, 0.25) is 0 Å². The van der Waals surface area contributed by atoms with E-state index < -0.39 is 0 Å². The average molecular weight is 248 g/mol. The molecule has 3 heteroatoms. The van der Waals surface area contributed by atoms with E-state index in [2.05, 4.69) is 36.5 Å². The van der Waals surface area contributed by atoms with Crippen molar-refractivity contribution in [2.24, 2.45) is 5.92 Å². The van der Waals surface area contributed by atoms with E-state index >= 15 is 0 Å². The number of aldehydes is 1. The Hall–Kier alpha value is -1.35. The van der Waals surface area contributed by atoms with Gasteiger partial charge in [0.1, 0.15) is 6.29 Å². The number of carbonyl (C=O) groups excluding carboxylic acids is 1. The minimum absolute atomic E-state index is 0.0500. The normalized spacial score (nSPS) is 19.8. The fraction of sp³-hybridized carbons (Fsp3) is 0.533. The van der Waals surface area contributed by atoms with Gasteiger partial charge in [-0.25, -0.2) is 5.01 Å². The quantitative estimate of drug-likeness (QED) is 0.533. The Balaban J connectivity index is 2.95. The van der Waals surface area contributed by atoms with Crippen molar-refractivity contribution in [3.63, 3.8) is 0 Å². The lowest BCUT2D eigenvalue weighted by Gasteiger charge is -2.36. The van der Waals surface area contributed by atoms with E-state index in [9.17, 15) is 4.79 Å². The first-order valence-electron chi connectivity index (χ1n) is 6.60. The maximum atomic E-state index is 11.3. The van der Waals surface area contributed by atoms with Crippen LogP contribution in [-0.4, -0.2) is 35.4 Å². The van der Waals surface area contributed by atoms with Crippen LogP contribution in [0.25, 0.3) is 0 Å². The molecule has 3 nitrogen and oxygen atoms in total. The second-order valence-corrected chi connectivity index (χ2v) is 4.84. The van der Waals surface area contributed by atoms with Crippen LogP contribution in [0.2, 0.25) is 0 Å². The third-order valence-electron chi connectivity index (χ3n) is 3.16. The van der Waals surface area contributed by atoms with Crippen molar-refractivity contribution in [3.8, 4) is 0 Å². The van der Waals surface area contributed by atoms with E-state index in [0.29, 0.717) is 5.92 Å². The van der Waals surface area contributed by atoms with Crippen molar-refractivity contribution in [3.05, 3.63) is 36.6 Å². The van der Waals surface area contributed by atoms with E-state index in [1.807, 2.05) is 19.1 Å². The van der Waals surface area contributed by atoms with Crippen molar-refractivity contribution in [1.29, 1.82) is 0 Å². The van der Waals surface area contributed by atoms with Crippen LogP contribution in [-0.2, 0) is 4.79 Å². The molecule has 0 N–H and O–H groups in total. The lowest BCUT2D eigenvalue weighted by Crippen LogP contribution is -2.46. The summed E-state index contributed by atoms with van der Waals surface area (Å²) in [4.78, 5) is 11.3. The van der Waals surface area contributed by atoms with Gasteiger partial charge >= 0.3 is 0 Å². The predicted octanol–water partition coefficient (Wildman–Crippen LogP) is 2.78. The molecule has 1 unspecified atom stereocenters. The van der Waals surface area contributed by atoms with Gasteiger partial charge < -0.3 is 9.80 Å². The molecule has 0 aromatic carbocycles. The molecule has 18 heavy (non-hydrogen) atoms. The van der Waals surface area contributed by atoms with Crippen molar-refractivity contribution < 1.29 is 4.79 Å². The summed E-state index contributed by atoms with van der Waals surface area (Å²) in [5, 5.41) is 4.37. The molecule has 1 heterocycles. The third kappa shape index (κ3) is 3.33. The van der Waals surface area contributed by atoms with Gasteiger partial charge in [0, 0.05) is 13.1 Å². The second kappa shape index (κ2) is 7.17. The van der Waals surface area contributed by atoms with Crippen LogP contribution in [0.1, 0.15) is 27.2 Å². The predicted molar refractivity (Wildman–Crippen MR) is 75.8 cm³/mol. The zero-order valence-electron chi connectivity index (χ0n) is 11.7. The van der Waals surface area contributed by atoms with E-state index in [4.69, 9.17) is 0 Å². The topological polar surface area (TPSA) is 23.6 Å². The van der Waals surface area contributed by atoms with Crippen LogP contribution in [0.4, 0.5) is 0 Å². The van der Waals surface area contributed by atoms with Gasteiger partial charge in [-0.3, -0.25) is 0 Å². The Morgan fingerprint density at radius 1 is 1.33 bits per heavy atom. The highest BCUT2D eigenvalue weighted by molar-refractivity contribution is 5.58. The first kappa shape index (κ1) is 14.7. The monoisotopic (exact) mass is 248 g/mol. The molecular weight excluding hydrogens is 224 g/mol. The van der Waals surface area contributed by atoms with E-state index in [1.165, 1.54) is 0 Å². The summed E-state index contributed by atoms with van der Waals surface area (Å²) >= 11 is 0. The molecule has 1 saturated heterocycles. The largest absolute Gasteiger partial charge is 0.305 e. The number of allylic oxidation sites excluding steroid dienone is 4. The summed E-state index contributed by atoms with van der Waals surface area (Å²) in [6, 6.07) is -0.0500. The minimum Gasteiger partial charge on any atom is -0.305 e. The van der Waals surface area contributed by atoms with Gasteiger partial charge in [-0.2, -0.15) is 0 Å². The molecule has 0 bridgehead atoms. The molecule has 0 saturated carbocycles. The molecule has 1 atom stereocenters. The molecule has 0 aromatic heterocycles. The summed E-state index contributed by atoms with van der Waals surface area (Å²) in [7, 11) is 0. The maximum absolute atomic E-state index is 11.3. The smallest absolute Gasteiger partial charge is 0.139 e. The average Bonchev–Trinajstić information content (AvgIpc) is 2.78. The van der Waals surface area contributed by atoms with Crippen LogP contribution >= 0.6 is 0 Å². The highest BCUT2D eigenvalue weighted by atomic mass is 16.1. The first-order chi connectivity index (χ1) is 8.65. The van der Waals surface area contributed by atoms with Crippen LogP contribution < -0.4 is 0 Å². The van der Waals surface area contributed by atoms with E-state index in [-0.39, 0.29) is 6.04 Å². The molecular formula is C15H24N2O. The fourth-order valence-corrected chi connectivity index (χ4v) is 2.31. The molecule has 1 aliphatic heterocycles. The van der Waals surface area contributed by atoms with Gasteiger partial charge in [-0.15, -0.1) is 0 Å². The summed E-state index contributed by atoms with van der Waals surface area (Å²) < 4.78 is 0. The summed E-state index contributed by atoms with van der Waals surface area (Å²) in [5.41, 5.74) is 1.09. The summed E-state index contributed by atoms with van der Waals surface area (Å²) in [6.45, 7) is 11.8. The zero-order chi connectivity index (χ0) is 13.5. The van der Waals surface area contributed by atoms with Crippen molar-refractivity contribution in [2.45, 2.75) is 33.2 Å². The van der Waals surface area contributed by atoms with Crippen molar-refractivity contribution in [1.82, 2.24) is 10.0 Å². The first-order valence-corrected chi connectivity index (χ1v) is 6.60. The number of nitrogens with zero attached hydrogens (tertiary/aromatic N) is 2. The highest BCUT2D eigenvalue weighted by Gasteiger charge is 2.30. The SMILES string of the molecule is C=C/C=C(\C=C/C)N1CCCN1C(C=O)C(C)C. The van der Waals surface area contributed by atoms with Crippen LogP contribution in [0.3, 0.4) is 0 Å². The second-order valence-electron chi connectivity index (χ2n) is 4.84. The Kier molecular flexibility index (Phi) is 5.86. The number of hydrogen-bond donors (Lipinski definition) is 0. The molecule has 0 aliphatic carbocycles. The van der Waals surface area contributed by atoms with Crippen molar-refractivity contribution in [2.75, 3.05) is 13.1 Å². The van der Waals surface area contributed by atoms with Crippen LogP contribution in [0, 0.1) is 5.92 Å². The van der Waals surface area contributed by atoms with Gasteiger partial charge in [-0.1, -0.05) is 32.6 Å². The molecule has 0 radical (unpaired) electrons. The molecule has 0 amide bonds. The Labute approximate surface area is 110 Å². The lowest BCUT2D eigenvalue weighted by molar-refractivity contribution is -0.118. The lowest BCUT2D eigenvalue weighted by atomic mass is 10.1. The van der Waals surface area contributed by atoms with E-state index in [1.54, 1.807) is 6.08 Å². The van der Waals surface area contributed by atoms with Crippen molar-refractivity contribution >= 4 is 6.29 Å². The van der Waals surface area contributed by atoms with Crippen LogP contribution in [0.15, 0.2) is 36.6 Å². The molecule has 100 valence electrons. The minimum atomic E-state index is -0.0500. The number of carbonyl (C=O) groups is 1. The standard InChI is InChI=1S/C15H24N2O/c1-5-8-14(9-6-2)16-10-7-11-17(16)15(12-18)13(3)4/h5-6,8-9,12-13,15H,1,7,10-11H2,2-4H3/b9-6-,14-8+. The molecule has 1 fully saturated rings.